The molecular formula is C24H35N3O3S. The Balaban J connectivity index is 1.36. The molecule has 0 aromatic carbocycles. The van der Waals surface area contributed by atoms with Crippen molar-refractivity contribution in [3.63, 3.8) is 0 Å². The number of carbonyl (C=O) groups excluding carboxylic acids is 2. The summed E-state index contributed by atoms with van der Waals surface area (Å²) in [6, 6.07) is 0. The minimum absolute atomic E-state index is 0.00264. The van der Waals surface area contributed by atoms with Gasteiger partial charge >= 0.3 is 0 Å². The fourth-order valence-corrected chi connectivity index (χ4v) is 7.83. The molecule has 1 saturated heterocycles. The van der Waals surface area contributed by atoms with Gasteiger partial charge in [0, 0.05) is 35.7 Å². The highest BCUT2D eigenvalue weighted by Gasteiger charge is 2.54. The van der Waals surface area contributed by atoms with E-state index < -0.39 is 6.10 Å². The van der Waals surface area contributed by atoms with Gasteiger partial charge in [-0.05, 0) is 62.2 Å². The predicted molar refractivity (Wildman–Crippen MR) is 121 cm³/mol. The van der Waals surface area contributed by atoms with Crippen LogP contribution in [0.2, 0.25) is 0 Å². The minimum atomic E-state index is -0.505. The van der Waals surface area contributed by atoms with Crippen LogP contribution < -0.4 is 5.32 Å². The van der Waals surface area contributed by atoms with Gasteiger partial charge in [0.2, 0.25) is 11.8 Å². The number of amides is 2. The molecule has 6 nitrogen and oxygen atoms in total. The van der Waals surface area contributed by atoms with Gasteiger partial charge < -0.3 is 15.3 Å². The monoisotopic (exact) mass is 445 g/mol. The molecule has 2 heterocycles. The van der Waals surface area contributed by atoms with Gasteiger partial charge in [0.15, 0.2) is 5.13 Å². The van der Waals surface area contributed by atoms with Crippen LogP contribution in [0.3, 0.4) is 0 Å². The molecule has 1 aliphatic heterocycles. The van der Waals surface area contributed by atoms with E-state index in [1.165, 1.54) is 4.88 Å². The summed E-state index contributed by atoms with van der Waals surface area (Å²) in [5, 5.41) is 15.3. The summed E-state index contributed by atoms with van der Waals surface area (Å²) in [5.41, 5.74) is 1.04. The summed E-state index contributed by atoms with van der Waals surface area (Å²) in [4.78, 5) is 33.3. The van der Waals surface area contributed by atoms with E-state index in [4.69, 9.17) is 4.98 Å². The zero-order valence-electron chi connectivity index (χ0n) is 18.9. The van der Waals surface area contributed by atoms with E-state index in [9.17, 15) is 14.7 Å². The minimum Gasteiger partial charge on any atom is -0.392 e. The van der Waals surface area contributed by atoms with Gasteiger partial charge in [-0.1, -0.05) is 20.8 Å². The van der Waals surface area contributed by atoms with E-state index in [2.05, 4.69) is 19.2 Å². The predicted octanol–water partition coefficient (Wildman–Crippen LogP) is 3.80. The van der Waals surface area contributed by atoms with E-state index >= 15 is 0 Å². The fourth-order valence-electron chi connectivity index (χ4n) is 6.56. The van der Waals surface area contributed by atoms with E-state index in [-0.39, 0.29) is 46.8 Å². The lowest BCUT2D eigenvalue weighted by molar-refractivity contribution is -0.143. The van der Waals surface area contributed by atoms with Crippen molar-refractivity contribution < 1.29 is 14.7 Å². The largest absolute Gasteiger partial charge is 0.392 e. The first-order valence-corrected chi connectivity index (χ1v) is 12.9. The van der Waals surface area contributed by atoms with Crippen molar-refractivity contribution in [3.8, 4) is 0 Å². The van der Waals surface area contributed by atoms with Crippen molar-refractivity contribution in [1.82, 2.24) is 9.88 Å². The third kappa shape index (κ3) is 3.71. The maximum Gasteiger partial charge on any atom is 0.229 e. The summed E-state index contributed by atoms with van der Waals surface area (Å²) < 4.78 is 0. The lowest BCUT2D eigenvalue weighted by atomic mass is 9.53. The molecule has 0 radical (unpaired) electrons. The van der Waals surface area contributed by atoms with Gasteiger partial charge in [-0.2, -0.15) is 0 Å². The highest BCUT2D eigenvalue weighted by Crippen LogP contribution is 2.57. The van der Waals surface area contributed by atoms with Crippen molar-refractivity contribution in [2.75, 3.05) is 18.4 Å². The number of aliphatic hydroxyl groups is 1. The normalized spacial score (nSPS) is 35.9. The highest BCUT2D eigenvalue weighted by molar-refractivity contribution is 7.15. The average molecular weight is 446 g/mol. The first kappa shape index (κ1) is 21.4. The Kier molecular flexibility index (Phi) is 5.40. The Bertz CT molecular complexity index is 875. The van der Waals surface area contributed by atoms with E-state index in [1.807, 2.05) is 11.8 Å². The number of aliphatic hydroxyl groups excluding tert-OH is 1. The van der Waals surface area contributed by atoms with E-state index in [1.54, 1.807) is 11.3 Å². The molecule has 170 valence electrons. The maximum atomic E-state index is 13.0. The number of nitrogens with one attached hydrogen (secondary N) is 1. The molecule has 1 aromatic rings. The third-order valence-corrected chi connectivity index (χ3v) is 9.54. The average Bonchev–Trinajstić information content (AvgIpc) is 3.29. The van der Waals surface area contributed by atoms with Gasteiger partial charge in [-0.25, -0.2) is 4.98 Å². The molecule has 0 spiro atoms. The molecule has 6 atom stereocenters. The molecule has 1 aromatic heterocycles. The second-order valence-electron chi connectivity index (χ2n) is 10.8. The Morgan fingerprint density at radius 1 is 1.26 bits per heavy atom. The molecule has 5 rings (SSSR count). The summed E-state index contributed by atoms with van der Waals surface area (Å²) >= 11 is 1.61. The number of fused-ring (bicyclic) bond motifs is 2. The molecule has 4 aliphatic rings. The first-order valence-electron chi connectivity index (χ1n) is 12.1. The van der Waals surface area contributed by atoms with Gasteiger partial charge in [-0.3, -0.25) is 9.59 Å². The Labute approximate surface area is 188 Å². The number of nitrogens with zero attached hydrogens (tertiary/aromatic N) is 2. The van der Waals surface area contributed by atoms with Crippen molar-refractivity contribution in [1.29, 1.82) is 0 Å². The Morgan fingerprint density at radius 3 is 2.65 bits per heavy atom. The van der Waals surface area contributed by atoms with Crippen molar-refractivity contribution in [2.24, 2.45) is 29.1 Å². The van der Waals surface area contributed by atoms with Crippen LogP contribution in [0.15, 0.2) is 0 Å². The van der Waals surface area contributed by atoms with Crippen LogP contribution >= 0.6 is 11.3 Å². The topological polar surface area (TPSA) is 82.5 Å². The van der Waals surface area contributed by atoms with Crippen LogP contribution in [0.5, 0.6) is 0 Å². The second kappa shape index (κ2) is 7.84. The fraction of sp³-hybridized carbons (Fsp3) is 0.792. The van der Waals surface area contributed by atoms with Crippen molar-refractivity contribution >= 4 is 28.3 Å². The number of rotatable bonds is 4. The third-order valence-electron chi connectivity index (χ3n) is 8.55. The number of anilines is 1. The number of likely N-dealkylation sites (tertiary alicyclic amines) is 1. The summed E-state index contributed by atoms with van der Waals surface area (Å²) in [6.07, 6.45) is 6.45. The zero-order valence-corrected chi connectivity index (χ0v) is 19.7. The SMILES string of the molecule is C[C@H](C(=O)N1CCCC1)[C@H]1CC[C@]2(C)Cc3sc(NC(=O)C4CC4)nc3[C@H](C)[C@@H]2[C@H]1O. The molecule has 7 heteroatoms. The van der Waals surface area contributed by atoms with Crippen molar-refractivity contribution in [2.45, 2.75) is 77.7 Å². The van der Waals surface area contributed by atoms with Gasteiger partial charge in [0.1, 0.15) is 0 Å². The standard InChI is InChI=1S/C24H35N3O3S/c1-13(22(30)27-10-4-5-11-27)16-8-9-24(3)12-17-19(14(2)18(24)20(16)28)25-23(31-17)26-21(29)15-6-7-15/h13-16,18,20,28H,4-12H2,1-3H3,(H,25,26,29)/t13-,14+,16+,18+,20-,24+/m0/s1. The molecule has 0 unspecified atom stereocenters. The van der Waals surface area contributed by atoms with Crippen LogP contribution in [0.25, 0.3) is 0 Å². The molecule has 2 saturated carbocycles. The van der Waals surface area contributed by atoms with Crippen LogP contribution in [0, 0.1) is 29.1 Å². The summed E-state index contributed by atoms with van der Waals surface area (Å²) in [5.74, 6) is 0.531. The van der Waals surface area contributed by atoms with Gasteiger partial charge in [0.05, 0.1) is 11.8 Å². The van der Waals surface area contributed by atoms with Crippen LogP contribution in [-0.4, -0.2) is 46.0 Å². The smallest absolute Gasteiger partial charge is 0.229 e. The lowest BCUT2D eigenvalue weighted by Crippen LogP contribution is -2.53. The molecule has 31 heavy (non-hydrogen) atoms. The number of hydrogen-bond donors (Lipinski definition) is 2. The highest BCUT2D eigenvalue weighted by atomic mass is 32.1. The summed E-state index contributed by atoms with van der Waals surface area (Å²) in [6.45, 7) is 8.21. The number of thiazole rings is 1. The second-order valence-corrected chi connectivity index (χ2v) is 11.8. The number of carbonyl (C=O) groups is 2. The molecule has 3 fully saturated rings. The van der Waals surface area contributed by atoms with E-state index in [0.717, 1.165) is 63.7 Å². The van der Waals surface area contributed by atoms with E-state index in [0.29, 0.717) is 5.13 Å². The molecule has 0 bridgehead atoms. The number of hydrogen-bond acceptors (Lipinski definition) is 5. The quantitative estimate of drug-likeness (QED) is 0.738. The molecule has 2 N–H and O–H groups in total. The van der Waals surface area contributed by atoms with Crippen molar-refractivity contribution in [3.05, 3.63) is 10.6 Å². The summed E-state index contributed by atoms with van der Waals surface area (Å²) in [7, 11) is 0. The maximum absolute atomic E-state index is 13.0. The van der Waals surface area contributed by atoms with Crippen LogP contribution in [0.4, 0.5) is 5.13 Å². The zero-order chi connectivity index (χ0) is 21.9. The van der Waals surface area contributed by atoms with Gasteiger partial charge in [0.25, 0.3) is 0 Å². The molecule has 2 amide bonds. The number of aromatic nitrogens is 1. The first-order chi connectivity index (χ1) is 14.8. The lowest BCUT2D eigenvalue weighted by Gasteiger charge is -2.53. The Morgan fingerprint density at radius 2 is 1.97 bits per heavy atom. The Hall–Kier alpha value is -1.47. The van der Waals surface area contributed by atoms with Crippen LogP contribution in [-0.2, 0) is 16.0 Å². The van der Waals surface area contributed by atoms with Gasteiger partial charge in [-0.15, -0.1) is 11.3 Å². The molecular weight excluding hydrogens is 410 g/mol. The van der Waals surface area contributed by atoms with Crippen LogP contribution in [0.1, 0.15) is 75.8 Å². The molecule has 3 aliphatic carbocycles.